The third kappa shape index (κ3) is 3.20. The van der Waals surface area contributed by atoms with Crippen LogP contribution in [0.4, 0.5) is 11.5 Å². The van der Waals surface area contributed by atoms with Crippen LogP contribution < -0.4 is 16.2 Å². The molecule has 100 valence electrons. The molecule has 19 heavy (non-hydrogen) atoms. The van der Waals surface area contributed by atoms with Crippen molar-refractivity contribution in [1.82, 2.24) is 9.97 Å². The maximum Gasteiger partial charge on any atom is 0.158 e. The summed E-state index contributed by atoms with van der Waals surface area (Å²) in [6.07, 6.45) is 3.36. The molecule has 5 heteroatoms. The number of nitrogens with two attached hydrogens (primary N) is 1. The fourth-order valence-corrected chi connectivity index (χ4v) is 2.07. The molecule has 0 saturated heterocycles. The van der Waals surface area contributed by atoms with Crippen molar-refractivity contribution in [3.63, 3.8) is 0 Å². The number of aromatic nitrogens is 2. The highest BCUT2D eigenvalue weighted by molar-refractivity contribution is 5.53. The molecule has 3 N–H and O–H groups in total. The second kappa shape index (κ2) is 5.67. The fraction of sp³-hybridized carbons (Fsp3) is 0.286. The van der Waals surface area contributed by atoms with Gasteiger partial charge in [0, 0.05) is 12.7 Å². The summed E-state index contributed by atoms with van der Waals surface area (Å²) in [6, 6.07) is 6.43. The Bertz CT molecular complexity index is 550. The van der Waals surface area contributed by atoms with Crippen LogP contribution in [0.2, 0.25) is 0 Å². The van der Waals surface area contributed by atoms with E-state index in [9.17, 15) is 0 Å². The van der Waals surface area contributed by atoms with E-state index >= 15 is 0 Å². The Labute approximate surface area is 113 Å². The summed E-state index contributed by atoms with van der Waals surface area (Å²) in [4.78, 5) is 10.6. The third-order valence-electron chi connectivity index (χ3n) is 3.02. The minimum Gasteiger partial charge on any atom is -0.368 e. The Hall–Kier alpha value is -2.14. The van der Waals surface area contributed by atoms with Gasteiger partial charge in [0.25, 0.3) is 0 Å². The number of rotatable bonds is 4. The molecule has 0 radical (unpaired) electrons. The maximum atomic E-state index is 5.26. The zero-order valence-electron chi connectivity index (χ0n) is 11.5. The SMILES string of the molecule is Cc1ccc(N(C)Cc2cnc(NN)cn2)c(C)c1. The van der Waals surface area contributed by atoms with Crippen molar-refractivity contribution in [3.05, 3.63) is 47.4 Å². The van der Waals surface area contributed by atoms with Crippen LogP contribution in [0.1, 0.15) is 16.8 Å². The van der Waals surface area contributed by atoms with Crippen LogP contribution in [0.15, 0.2) is 30.6 Å². The van der Waals surface area contributed by atoms with Crippen molar-refractivity contribution in [2.75, 3.05) is 17.4 Å². The molecule has 1 aromatic heterocycles. The lowest BCUT2D eigenvalue weighted by Gasteiger charge is -2.21. The van der Waals surface area contributed by atoms with Gasteiger partial charge < -0.3 is 10.3 Å². The molecule has 2 rings (SSSR count). The van der Waals surface area contributed by atoms with Gasteiger partial charge in [-0.2, -0.15) is 0 Å². The first kappa shape index (κ1) is 13.3. The average molecular weight is 257 g/mol. The first-order chi connectivity index (χ1) is 9.10. The van der Waals surface area contributed by atoms with Crippen LogP contribution in [0.3, 0.4) is 0 Å². The number of nitrogen functional groups attached to an aromatic ring is 1. The monoisotopic (exact) mass is 257 g/mol. The summed E-state index contributed by atoms with van der Waals surface area (Å²) in [5.74, 6) is 5.83. The van der Waals surface area contributed by atoms with Gasteiger partial charge in [-0.05, 0) is 25.5 Å². The molecule has 1 heterocycles. The molecule has 5 nitrogen and oxygen atoms in total. The molecule has 0 saturated carbocycles. The van der Waals surface area contributed by atoms with Crippen LogP contribution >= 0.6 is 0 Å². The molecule has 0 bridgehead atoms. The van der Waals surface area contributed by atoms with Crippen molar-refractivity contribution in [3.8, 4) is 0 Å². The highest BCUT2D eigenvalue weighted by Crippen LogP contribution is 2.21. The van der Waals surface area contributed by atoms with E-state index in [1.807, 2.05) is 0 Å². The Morgan fingerprint density at radius 3 is 2.58 bits per heavy atom. The van der Waals surface area contributed by atoms with Crippen molar-refractivity contribution in [1.29, 1.82) is 0 Å². The number of hydrazine groups is 1. The number of nitrogens with zero attached hydrogens (tertiary/aromatic N) is 3. The Kier molecular flexibility index (Phi) is 3.97. The van der Waals surface area contributed by atoms with E-state index in [1.54, 1.807) is 12.4 Å². The van der Waals surface area contributed by atoms with Gasteiger partial charge in [0.2, 0.25) is 0 Å². The molecule has 0 aliphatic rings. The summed E-state index contributed by atoms with van der Waals surface area (Å²) < 4.78 is 0. The third-order valence-corrected chi connectivity index (χ3v) is 3.02. The predicted octanol–water partition coefficient (Wildman–Crippen LogP) is 2.02. The zero-order valence-corrected chi connectivity index (χ0v) is 11.5. The summed E-state index contributed by atoms with van der Waals surface area (Å²) in [5.41, 5.74) is 7.10. The molecule has 0 fully saturated rings. The lowest BCUT2D eigenvalue weighted by atomic mass is 10.1. The van der Waals surface area contributed by atoms with Crippen LogP contribution in [0, 0.1) is 13.8 Å². The largest absolute Gasteiger partial charge is 0.368 e. The molecule has 0 unspecified atom stereocenters. The molecule has 1 aromatic carbocycles. The van der Waals surface area contributed by atoms with Gasteiger partial charge in [-0.3, -0.25) is 4.98 Å². The van der Waals surface area contributed by atoms with Crippen molar-refractivity contribution >= 4 is 11.5 Å². The topological polar surface area (TPSA) is 67.1 Å². The van der Waals surface area contributed by atoms with E-state index in [0.29, 0.717) is 12.4 Å². The smallest absolute Gasteiger partial charge is 0.158 e. The van der Waals surface area contributed by atoms with E-state index in [-0.39, 0.29) is 0 Å². The quantitative estimate of drug-likeness (QED) is 0.648. The highest BCUT2D eigenvalue weighted by atomic mass is 15.3. The number of benzene rings is 1. The van der Waals surface area contributed by atoms with Crippen molar-refractivity contribution in [2.45, 2.75) is 20.4 Å². The molecule has 0 atom stereocenters. The molecule has 2 aromatic rings. The summed E-state index contributed by atoms with van der Waals surface area (Å²) in [6.45, 7) is 4.93. The van der Waals surface area contributed by atoms with Gasteiger partial charge in [-0.15, -0.1) is 0 Å². The Morgan fingerprint density at radius 1 is 1.21 bits per heavy atom. The first-order valence-corrected chi connectivity index (χ1v) is 6.16. The number of hydrogen-bond donors (Lipinski definition) is 2. The first-order valence-electron chi connectivity index (χ1n) is 6.16. The van der Waals surface area contributed by atoms with Gasteiger partial charge in [0.15, 0.2) is 5.82 Å². The number of aryl methyl sites for hydroxylation is 2. The van der Waals surface area contributed by atoms with Crippen LogP contribution in [-0.2, 0) is 6.54 Å². The van der Waals surface area contributed by atoms with E-state index in [1.165, 1.54) is 16.8 Å². The highest BCUT2D eigenvalue weighted by Gasteiger charge is 2.06. The van der Waals surface area contributed by atoms with Gasteiger partial charge in [-0.1, -0.05) is 17.7 Å². The molecule has 0 amide bonds. The number of nitrogens with one attached hydrogen (secondary N) is 1. The molecule has 0 aliphatic carbocycles. The lowest BCUT2D eigenvalue weighted by molar-refractivity contribution is 0.869. The Morgan fingerprint density at radius 2 is 2.00 bits per heavy atom. The van der Waals surface area contributed by atoms with Crippen molar-refractivity contribution < 1.29 is 0 Å². The standard InChI is InChI=1S/C14H19N5/c1-10-4-5-13(11(2)6-10)19(3)9-12-7-17-14(18-15)8-16-12/h4-8H,9,15H2,1-3H3,(H,17,18). The van der Waals surface area contributed by atoms with Crippen LogP contribution in [-0.4, -0.2) is 17.0 Å². The van der Waals surface area contributed by atoms with Crippen molar-refractivity contribution in [2.24, 2.45) is 5.84 Å². The summed E-state index contributed by atoms with van der Waals surface area (Å²) in [7, 11) is 2.05. The summed E-state index contributed by atoms with van der Waals surface area (Å²) >= 11 is 0. The van der Waals surface area contributed by atoms with Gasteiger partial charge in [0.1, 0.15) is 0 Å². The fourth-order valence-electron chi connectivity index (χ4n) is 2.07. The molecule has 0 spiro atoms. The second-order valence-electron chi connectivity index (χ2n) is 4.68. The van der Waals surface area contributed by atoms with Gasteiger partial charge in [0.05, 0.1) is 24.6 Å². The maximum absolute atomic E-state index is 5.26. The van der Waals surface area contributed by atoms with E-state index in [4.69, 9.17) is 5.84 Å². The summed E-state index contributed by atoms with van der Waals surface area (Å²) in [5, 5.41) is 0. The normalized spacial score (nSPS) is 10.3. The zero-order chi connectivity index (χ0) is 13.8. The Balaban J connectivity index is 2.13. The molecular formula is C14H19N5. The number of anilines is 2. The molecule has 0 aliphatic heterocycles. The van der Waals surface area contributed by atoms with Gasteiger partial charge >= 0.3 is 0 Å². The van der Waals surface area contributed by atoms with Crippen LogP contribution in [0.5, 0.6) is 0 Å². The predicted molar refractivity (Wildman–Crippen MR) is 77.9 cm³/mol. The minimum absolute atomic E-state index is 0.568. The second-order valence-corrected chi connectivity index (χ2v) is 4.68. The molecular weight excluding hydrogens is 238 g/mol. The number of hydrogen-bond acceptors (Lipinski definition) is 5. The lowest BCUT2D eigenvalue weighted by Crippen LogP contribution is -2.18. The van der Waals surface area contributed by atoms with Crippen LogP contribution in [0.25, 0.3) is 0 Å². The van der Waals surface area contributed by atoms with E-state index in [2.05, 4.69) is 59.4 Å². The van der Waals surface area contributed by atoms with Gasteiger partial charge in [-0.25, -0.2) is 10.8 Å². The van der Waals surface area contributed by atoms with E-state index in [0.717, 1.165) is 5.69 Å². The minimum atomic E-state index is 0.568. The average Bonchev–Trinajstić information content (AvgIpc) is 2.39. The van der Waals surface area contributed by atoms with E-state index < -0.39 is 0 Å².